The minimum absolute atomic E-state index is 0.127. The number of rotatable bonds is 10. The molecule has 0 amide bonds. The van der Waals surface area contributed by atoms with Gasteiger partial charge in [0.25, 0.3) is 0 Å². The lowest BCUT2D eigenvalue weighted by Gasteiger charge is -2.38. The maximum absolute atomic E-state index is 12.2. The van der Waals surface area contributed by atoms with Gasteiger partial charge in [0.05, 0.1) is 0 Å². The highest BCUT2D eigenvalue weighted by Crippen LogP contribution is 2.52. The zero-order valence-corrected chi connectivity index (χ0v) is 37.4. The first-order valence-electron chi connectivity index (χ1n) is 20.6. The number of alkyl halides is 3. The molecule has 63 heavy (non-hydrogen) atoms. The van der Waals surface area contributed by atoms with Crippen molar-refractivity contribution in [2.75, 3.05) is 13.1 Å². The van der Waals surface area contributed by atoms with Gasteiger partial charge in [-0.2, -0.15) is 21.6 Å². The summed E-state index contributed by atoms with van der Waals surface area (Å²) in [5, 5.41) is 7.81. The second-order valence-electron chi connectivity index (χ2n) is 15.7. The number of ether oxygens (including phenoxy) is 1. The topological polar surface area (TPSA) is 55.8 Å². The van der Waals surface area contributed by atoms with Crippen molar-refractivity contribution in [1.29, 1.82) is 0 Å². The quantitative estimate of drug-likeness (QED) is 0.0778. The lowest BCUT2D eigenvalue weighted by Crippen LogP contribution is -2.32. The molecule has 0 fully saturated rings. The first-order chi connectivity index (χ1) is 30.4. The molecule has 0 aliphatic carbocycles. The van der Waals surface area contributed by atoms with Crippen molar-refractivity contribution in [2.24, 2.45) is 0 Å². The number of hydrogen-bond donors (Lipinski definition) is 0. The zero-order chi connectivity index (χ0) is 44.0. The fourth-order valence-electron chi connectivity index (χ4n) is 7.95. The molecule has 0 unspecified atom stereocenters. The van der Waals surface area contributed by atoms with E-state index in [1.807, 2.05) is 35.2 Å². The number of fused-ring (bicyclic) bond motifs is 2. The van der Waals surface area contributed by atoms with Crippen molar-refractivity contribution in [1.82, 2.24) is 4.90 Å². The molecule has 7 aromatic carbocycles. The third kappa shape index (κ3) is 9.83. The number of benzene rings is 7. The molecular weight excluding hydrogens is 854 g/mol. The molecule has 7 aromatic rings. The van der Waals surface area contributed by atoms with Gasteiger partial charge in [-0.15, -0.1) is 0 Å². The van der Waals surface area contributed by atoms with E-state index in [4.69, 9.17) is 4.74 Å². The zero-order valence-electron chi connectivity index (χ0n) is 34.8. The van der Waals surface area contributed by atoms with Crippen molar-refractivity contribution in [3.63, 3.8) is 0 Å². The van der Waals surface area contributed by atoms with Crippen molar-refractivity contribution in [3.8, 4) is 11.5 Å². The Kier molecular flexibility index (Phi) is 13.3. The van der Waals surface area contributed by atoms with Crippen LogP contribution in [-0.4, -0.2) is 31.9 Å². The van der Waals surface area contributed by atoms with Gasteiger partial charge in [-0.3, -0.25) is 4.90 Å². The molecular formula is C52H46F3NO4P2S. The lowest BCUT2D eigenvalue weighted by molar-refractivity contribution is -0.0525. The van der Waals surface area contributed by atoms with Gasteiger partial charge >= 0.3 is 15.6 Å². The predicted octanol–water partition coefficient (Wildman–Crippen LogP) is 10.3. The van der Waals surface area contributed by atoms with E-state index in [0.717, 1.165) is 17.1 Å². The minimum Gasteiger partial charge on any atom is -0.455 e. The molecule has 0 N–H and O–H groups in total. The van der Waals surface area contributed by atoms with Gasteiger partial charge in [0.2, 0.25) is 0 Å². The summed E-state index contributed by atoms with van der Waals surface area (Å²) >= 11 is 0. The number of hydrogen-bond acceptors (Lipinski definition) is 5. The van der Waals surface area contributed by atoms with Crippen LogP contribution in [-0.2, 0) is 26.3 Å². The van der Waals surface area contributed by atoms with E-state index in [1.54, 1.807) is 0 Å². The van der Waals surface area contributed by atoms with Crippen molar-refractivity contribution >= 4 is 57.8 Å². The maximum Gasteiger partial charge on any atom is 0.534 e. The SMILES string of the molecule is CC1(C)c2cccc(P(c3ccccc3)c3ccccc3)c2Oc2c(P(c3ccccc3)c3ccccc3)cccc21.O=S(=O)(OC1=CCN(Cc2ccccc2)CC1)C(F)(F)F. The highest BCUT2D eigenvalue weighted by molar-refractivity contribution is 7.87. The Labute approximate surface area is 370 Å². The Bertz CT molecular complexity index is 2560. The van der Waals surface area contributed by atoms with Gasteiger partial charge < -0.3 is 8.92 Å². The van der Waals surface area contributed by atoms with Crippen LogP contribution in [0.5, 0.6) is 11.5 Å². The van der Waals surface area contributed by atoms with Gasteiger partial charge in [-0.25, -0.2) is 0 Å². The molecule has 9 rings (SSSR count). The second-order valence-corrected chi connectivity index (χ2v) is 21.6. The third-order valence-corrected chi connectivity index (χ3v) is 17.0. The monoisotopic (exact) mass is 899 g/mol. The largest absolute Gasteiger partial charge is 0.534 e. The smallest absolute Gasteiger partial charge is 0.455 e. The standard InChI is InChI=1S/C39H32OP2.C13H14F3NO3S/c1-39(2)33-25-15-27-35(41(29-17-7-3-8-18-29)30-19-9-4-10-20-30)37(33)40-38-34(39)26-16-28-36(38)42(31-21-11-5-12-22-31)32-23-13-6-14-24-32;14-13(15,16)21(18,19)20-12-6-8-17(9-7-12)10-11-4-2-1-3-5-11/h3-28H,1-2H3;1-6H,7-10H2. The van der Waals surface area contributed by atoms with Crippen LogP contribution in [0, 0.1) is 0 Å². The number of halogens is 3. The molecule has 2 heterocycles. The highest BCUT2D eigenvalue weighted by Gasteiger charge is 2.49. The van der Waals surface area contributed by atoms with Gasteiger partial charge in [-0.1, -0.05) is 202 Å². The molecule has 0 spiro atoms. The second kappa shape index (κ2) is 19.0. The molecule has 2 aliphatic rings. The highest BCUT2D eigenvalue weighted by atomic mass is 32.2. The summed E-state index contributed by atoms with van der Waals surface area (Å²) in [5.74, 6) is 1.87. The molecule has 0 bridgehead atoms. The first-order valence-corrected chi connectivity index (χ1v) is 24.7. The van der Waals surface area contributed by atoms with Gasteiger partial charge in [0.15, 0.2) is 0 Å². The lowest BCUT2D eigenvalue weighted by atomic mass is 9.76. The van der Waals surface area contributed by atoms with E-state index in [9.17, 15) is 21.6 Å². The van der Waals surface area contributed by atoms with E-state index in [0.29, 0.717) is 19.6 Å². The van der Waals surface area contributed by atoms with E-state index < -0.39 is 31.5 Å². The Hall–Kier alpha value is -5.56. The molecule has 320 valence electrons. The Morgan fingerprint density at radius 1 is 0.587 bits per heavy atom. The fourth-order valence-corrected chi connectivity index (χ4v) is 13.3. The van der Waals surface area contributed by atoms with Crippen LogP contribution in [0.15, 0.2) is 200 Å². The summed E-state index contributed by atoms with van der Waals surface area (Å²) in [5.41, 5.74) is -2.05. The average Bonchev–Trinajstić information content (AvgIpc) is 3.29. The van der Waals surface area contributed by atoms with Gasteiger partial charge in [-0.05, 0) is 48.7 Å². The molecule has 2 aliphatic heterocycles. The Balaban J connectivity index is 0.000000219. The third-order valence-electron chi connectivity index (χ3n) is 11.1. The van der Waals surface area contributed by atoms with Crippen LogP contribution in [0.4, 0.5) is 13.2 Å². The molecule has 0 atom stereocenters. The van der Waals surface area contributed by atoms with Crippen LogP contribution in [0.3, 0.4) is 0 Å². The summed E-state index contributed by atoms with van der Waals surface area (Å²) in [4.78, 5) is 1.99. The summed E-state index contributed by atoms with van der Waals surface area (Å²) in [6.45, 7) is 6.13. The van der Waals surface area contributed by atoms with Crippen LogP contribution >= 0.6 is 15.8 Å². The Morgan fingerprint density at radius 2 is 0.984 bits per heavy atom. The van der Waals surface area contributed by atoms with Crippen molar-refractivity contribution in [3.05, 3.63) is 217 Å². The molecule has 0 aromatic heterocycles. The van der Waals surface area contributed by atoms with E-state index >= 15 is 0 Å². The first kappa shape index (κ1) is 44.1. The van der Waals surface area contributed by atoms with Crippen LogP contribution in [0.1, 0.15) is 37.0 Å². The van der Waals surface area contributed by atoms with Gasteiger partial charge in [0, 0.05) is 53.2 Å². The molecule has 0 radical (unpaired) electrons. The molecule has 5 nitrogen and oxygen atoms in total. The predicted molar refractivity (Wildman–Crippen MR) is 253 cm³/mol. The van der Waals surface area contributed by atoms with Crippen LogP contribution < -0.4 is 36.6 Å². The molecule has 0 saturated carbocycles. The summed E-state index contributed by atoms with van der Waals surface area (Å²) in [6.07, 6.45) is 1.50. The molecule has 11 heteroatoms. The van der Waals surface area contributed by atoms with Crippen molar-refractivity contribution in [2.45, 2.75) is 37.7 Å². The maximum atomic E-state index is 12.2. The summed E-state index contributed by atoms with van der Waals surface area (Å²) in [7, 11) is -7.21. The summed E-state index contributed by atoms with van der Waals surface area (Å²) < 4.78 is 69.8. The molecule has 0 saturated heterocycles. The van der Waals surface area contributed by atoms with E-state index in [2.05, 4.69) is 176 Å². The van der Waals surface area contributed by atoms with Crippen LogP contribution in [0.25, 0.3) is 0 Å². The minimum atomic E-state index is -5.56. The summed E-state index contributed by atoms with van der Waals surface area (Å²) in [6, 6.07) is 66.8. The average molecular weight is 900 g/mol. The van der Waals surface area contributed by atoms with E-state index in [-0.39, 0.29) is 17.6 Å². The Morgan fingerprint density at radius 3 is 1.35 bits per heavy atom. The van der Waals surface area contributed by atoms with Gasteiger partial charge in [0.1, 0.15) is 17.3 Å². The van der Waals surface area contributed by atoms with Crippen LogP contribution in [0.2, 0.25) is 0 Å². The normalized spacial score (nSPS) is 14.7. The number of nitrogens with zero attached hydrogens (tertiary/aromatic N) is 1. The number of para-hydroxylation sites is 2. The van der Waals surface area contributed by atoms with E-state index in [1.165, 1.54) is 49.0 Å². The van der Waals surface area contributed by atoms with Crippen molar-refractivity contribution < 1.29 is 30.5 Å². The fraction of sp³-hybridized carbons (Fsp3) is 0.154.